The molecule has 0 spiro atoms. The minimum Gasteiger partial charge on any atom is -0.469 e. The van der Waals surface area contributed by atoms with Gasteiger partial charge in [0.15, 0.2) is 33.6 Å². The van der Waals surface area contributed by atoms with E-state index in [9.17, 15) is 0 Å². The van der Waals surface area contributed by atoms with E-state index in [4.69, 9.17) is 13.6 Å². The molecule has 0 saturated carbocycles. The highest BCUT2D eigenvalue weighted by atomic mass is 28.4. The van der Waals surface area contributed by atoms with Crippen molar-refractivity contribution in [3.8, 4) is 0 Å². The molecule has 0 fully saturated rings. The van der Waals surface area contributed by atoms with Crippen LogP contribution < -0.4 is 4.90 Å². The van der Waals surface area contributed by atoms with Gasteiger partial charge in [0, 0.05) is 14.1 Å². The maximum atomic E-state index is 6.85. The zero-order valence-electron chi connectivity index (χ0n) is 23.1. The van der Waals surface area contributed by atoms with Crippen molar-refractivity contribution in [2.45, 2.75) is 90.1 Å². The number of ether oxygens (including phenoxy) is 1. The molecular formula is C24H43N5O3Si2. The van der Waals surface area contributed by atoms with E-state index in [2.05, 4.69) is 88.8 Å². The Morgan fingerprint density at radius 2 is 1.59 bits per heavy atom. The Balaban J connectivity index is 1.96. The Morgan fingerprint density at radius 3 is 2.15 bits per heavy atom. The fourth-order valence-corrected chi connectivity index (χ4v) is 5.41. The van der Waals surface area contributed by atoms with Crippen LogP contribution in [0.25, 0.3) is 11.2 Å². The highest BCUT2D eigenvalue weighted by Crippen LogP contribution is 2.42. The number of nitrogens with zero attached hydrogens (tertiary/aromatic N) is 5. The summed E-state index contributed by atoms with van der Waals surface area (Å²) in [6, 6.07) is 0. The molecule has 3 heterocycles. The third-order valence-electron chi connectivity index (χ3n) is 7.56. The second-order valence-electron chi connectivity index (χ2n) is 12.4. The molecule has 0 amide bonds. The van der Waals surface area contributed by atoms with E-state index in [1.807, 2.05) is 23.6 Å². The lowest BCUT2D eigenvalue weighted by molar-refractivity contribution is 0.000647. The molecule has 190 valence electrons. The van der Waals surface area contributed by atoms with Crippen molar-refractivity contribution in [2.24, 2.45) is 0 Å². The van der Waals surface area contributed by atoms with Gasteiger partial charge in [-0.25, -0.2) is 15.0 Å². The molecule has 8 nitrogen and oxygen atoms in total. The van der Waals surface area contributed by atoms with Crippen molar-refractivity contribution in [3.63, 3.8) is 0 Å². The summed E-state index contributed by atoms with van der Waals surface area (Å²) in [5, 5.41) is 0.200. The normalized spacial score (nSPS) is 19.9. The summed E-state index contributed by atoms with van der Waals surface area (Å²) in [6.07, 6.45) is 4.79. The number of imidazole rings is 1. The molecule has 3 rings (SSSR count). The molecule has 0 aromatic carbocycles. The molecule has 1 aliphatic heterocycles. The first-order chi connectivity index (χ1) is 15.4. The van der Waals surface area contributed by atoms with Crippen molar-refractivity contribution >= 4 is 33.6 Å². The summed E-state index contributed by atoms with van der Waals surface area (Å²) in [4.78, 5) is 15.5. The Kier molecular flexibility index (Phi) is 7.13. The van der Waals surface area contributed by atoms with Gasteiger partial charge in [0.25, 0.3) is 0 Å². The van der Waals surface area contributed by atoms with Gasteiger partial charge in [0.05, 0.1) is 6.61 Å². The third kappa shape index (κ3) is 5.24. The van der Waals surface area contributed by atoms with E-state index in [-0.39, 0.29) is 16.2 Å². The fraction of sp³-hybridized carbons (Fsp3) is 0.708. The second-order valence-corrected chi connectivity index (χ2v) is 22.0. The summed E-state index contributed by atoms with van der Waals surface area (Å²) in [6.45, 7) is 23.0. The summed E-state index contributed by atoms with van der Waals surface area (Å²) < 4.78 is 21.8. The van der Waals surface area contributed by atoms with Crippen LogP contribution in [0.2, 0.25) is 36.3 Å². The number of fused-ring (bicyclic) bond motifs is 1. The molecule has 34 heavy (non-hydrogen) atoms. The van der Waals surface area contributed by atoms with Gasteiger partial charge in [-0.1, -0.05) is 41.5 Å². The lowest BCUT2D eigenvalue weighted by atomic mass is 10.2. The van der Waals surface area contributed by atoms with E-state index in [1.54, 1.807) is 12.7 Å². The van der Waals surface area contributed by atoms with Gasteiger partial charge < -0.3 is 18.5 Å². The van der Waals surface area contributed by atoms with E-state index in [1.165, 1.54) is 0 Å². The van der Waals surface area contributed by atoms with E-state index in [0.29, 0.717) is 6.61 Å². The molecule has 2 atom stereocenters. The SMILES string of the molecule is CN(C)c1ncnc2c1ncn2[C@@H]1OC(CO[Si](C)(C)C(C)(C)C)=C[C@H]1O[Si](C)(C)C(C)(C)C. The van der Waals surface area contributed by atoms with Crippen LogP contribution in [0, 0.1) is 0 Å². The predicted octanol–water partition coefficient (Wildman–Crippen LogP) is 5.72. The van der Waals surface area contributed by atoms with E-state index in [0.717, 1.165) is 22.7 Å². The standard InChI is InChI=1S/C24H43N5O3Si2/c1-23(2,3)33(9,10)30-14-17-13-18(32-34(11,12)24(4,5)6)22(31-17)29-16-27-19-20(28(7)8)25-15-26-21(19)29/h13,15-16,18,22H,14H2,1-12H3/t18-,22-/m1/s1. The zero-order valence-corrected chi connectivity index (χ0v) is 25.1. The van der Waals surface area contributed by atoms with Crippen molar-refractivity contribution in [1.29, 1.82) is 0 Å². The number of aromatic nitrogens is 4. The molecule has 2 aromatic heterocycles. The van der Waals surface area contributed by atoms with Crippen molar-refractivity contribution in [2.75, 3.05) is 25.6 Å². The van der Waals surface area contributed by atoms with Gasteiger partial charge in [-0.2, -0.15) is 0 Å². The van der Waals surface area contributed by atoms with Crippen molar-refractivity contribution in [1.82, 2.24) is 19.5 Å². The molecular weight excluding hydrogens is 462 g/mol. The van der Waals surface area contributed by atoms with Gasteiger partial charge in [-0.3, -0.25) is 4.57 Å². The van der Waals surface area contributed by atoms with Gasteiger partial charge in [0.1, 0.15) is 24.5 Å². The number of rotatable bonds is 7. The average molecular weight is 506 g/mol. The third-order valence-corrected chi connectivity index (χ3v) is 16.5. The number of hydrogen-bond donors (Lipinski definition) is 0. The van der Waals surface area contributed by atoms with Crippen LogP contribution in [-0.4, -0.2) is 63.0 Å². The second kappa shape index (κ2) is 9.03. The lowest BCUT2D eigenvalue weighted by Gasteiger charge is -2.39. The Bertz CT molecular complexity index is 1050. The Morgan fingerprint density at radius 1 is 0.971 bits per heavy atom. The quantitative estimate of drug-likeness (QED) is 0.446. The largest absolute Gasteiger partial charge is 0.469 e. The van der Waals surface area contributed by atoms with Gasteiger partial charge in [-0.15, -0.1) is 0 Å². The van der Waals surface area contributed by atoms with Gasteiger partial charge in [-0.05, 0) is 42.3 Å². The highest BCUT2D eigenvalue weighted by Gasteiger charge is 2.44. The molecule has 0 N–H and O–H groups in total. The smallest absolute Gasteiger partial charge is 0.207 e. The predicted molar refractivity (Wildman–Crippen MR) is 143 cm³/mol. The molecule has 2 aromatic rings. The van der Waals surface area contributed by atoms with Crippen LogP contribution in [-0.2, 0) is 13.6 Å². The van der Waals surface area contributed by atoms with Crippen LogP contribution in [0.4, 0.5) is 5.82 Å². The molecule has 0 saturated heterocycles. The minimum absolute atomic E-state index is 0.0725. The molecule has 10 heteroatoms. The van der Waals surface area contributed by atoms with Crippen LogP contribution in [0.15, 0.2) is 24.5 Å². The fourth-order valence-electron chi connectivity index (χ4n) is 3.25. The first-order valence-corrected chi connectivity index (χ1v) is 17.8. The monoisotopic (exact) mass is 505 g/mol. The maximum absolute atomic E-state index is 6.85. The highest BCUT2D eigenvalue weighted by molar-refractivity contribution is 6.74. The summed E-state index contributed by atoms with van der Waals surface area (Å²) >= 11 is 0. The lowest BCUT2D eigenvalue weighted by Crippen LogP contribution is -2.45. The molecule has 0 aliphatic carbocycles. The van der Waals surface area contributed by atoms with Crippen LogP contribution in [0.1, 0.15) is 47.8 Å². The molecule has 0 unspecified atom stereocenters. The van der Waals surface area contributed by atoms with Crippen molar-refractivity contribution < 1.29 is 13.6 Å². The summed E-state index contributed by atoms with van der Waals surface area (Å²) in [7, 11) is -0.0875. The first kappa shape index (κ1) is 26.8. The van der Waals surface area contributed by atoms with E-state index < -0.39 is 22.9 Å². The number of anilines is 1. The Hall–Kier alpha value is -1.76. The van der Waals surface area contributed by atoms with Crippen LogP contribution >= 0.6 is 0 Å². The minimum atomic E-state index is -2.07. The first-order valence-electron chi connectivity index (χ1n) is 12.0. The molecule has 1 aliphatic rings. The molecule has 0 bridgehead atoms. The van der Waals surface area contributed by atoms with E-state index >= 15 is 0 Å². The van der Waals surface area contributed by atoms with Gasteiger partial charge in [0.2, 0.25) is 6.23 Å². The van der Waals surface area contributed by atoms with Crippen LogP contribution in [0.5, 0.6) is 0 Å². The zero-order chi connectivity index (χ0) is 25.7. The number of hydrogen-bond acceptors (Lipinski definition) is 7. The van der Waals surface area contributed by atoms with Crippen LogP contribution in [0.3, 0.4) is 0 Å². The van der Waals surface area contributed by atoms with Gasteiger partial charge >= 0.3 is 0 Å². The van der Waals surface area contributed by atoms with Crippen molar-refractivity contribution in [3.05, 3.63) is 24.5 Å². The average Bonchev–Trinajstić information content (AvgIpc) is 3.27. The summed E-state index contributed by atoms with van der Waals surface area (Å²) in [5.41, 5.74) is 1.47. The topological polar surface area (TPSA) is 74.5 Å². The Labute approximate surface area is 207 Å². The maximum Gasteiger partial charge on any atom is 0.207 e. The molecule has 0 radical (unpaired) electrons. The summed E-state index contributed by atoms with van der Waals surface area (Å²) in [5.74, 6) is 1.58.